The van der Waals surface area contributed by atoms with Gasteiger partial charge in [0.05, 0.1) is 29.1 Å². The molecule has 1 heterocycles. The Labute approximate surface area is 164 Å². The molecule has 0 saturated carbocycles. The number of nitro groups is 2. The Bertz CT molecular complexity index is 721. The van der Waals surface area contributed by atoms with Crippen molar-refractivity contribution in [3.8, 4) is 0 Å². The number of ether oxygens (including phenoxy) is 1. The normalized spacial score (nSPS) is 14.1. The fraction of sp³-hybridized carbons (Fsp3) is 0.533. The number of anilines is 1. The van der Waals surface area contributed by atoms with Gasteiger partial charge in [0.1, 0.15) is 11.3 Å². The van der Waals surface area contributed by atoms with Gasteiger partial charge in [0.15, 0.2) is 0 Å². The number of alkyl halides is 2. The molecule has 0 aromatic heterocycles. The first-order valence-electron chi connectivity index (χ1n) is 8.11. The monoisotopic (exact) mass is 420 g/mol. The quantitative estimate of drug-likeness (QED) is 0.359. The molecule has 0 aliphatic carbocycles. The number of carbonyl (C=O) groups excluding carboxylic acids is 1. The third-order valence-electron chi connectivity index (χ3n) is 4.06. The number of hydrogen-bond acceptors (Lipinski definition) is 7. The second-order valence-corrected chi connectivity index (χ2v) is 6.40. The number of rotatable bonds is 8. The lowest BCUT2D eigenvalue weighted by atomic mass is 10.1. The van der Waals surface area contributed by atoms with Crippen molar-refractivity contribution in [3.05, 3.63) is 37.9 Å². The van der Waals surface area contributed by atoms with Crippen LogP contribution in [-0.4, -0.2) is 71.8 Å². The molecule has 1 aliphatic rings. The van der Waals surface area contributed by atoms with E-state index in [2.05, 4.69) is 0 Å². The van der Waals surface area contributed by atoms with Crippen LogP contribution in [0.3, 0.4) is 0 Å². The SMILES string of the molecule is O=C(c1cc(N(CCCl)CCCl)c([N+](=O)[O-])cc1[N+](=O)[O-])N1CCOCC1. The fourth-order valence-electron chi connectivity index (χ4n) is 2.78. The van der Waals surface area contributed by atoms with Crippen molar-refractivity contribution in [2.45, 2.75) is 0 Å². The van der Waals surface area contributed by atoms with Gasteiger partial charge in [-0.15, -0.1) is 23.2 Å². The summed E-state index contributed by atoms with van der Waals surface area (Å²) in [7, 11) is 0. The number of nitrogens with zero attached hydrogens (tertiary/aromatic N) is 4. The molecule has 10 nitrogen and oxygen atoms in total. The molecule has 1 aromatic carbocycles. The van der Waals surface area contributed by atoms with Crippen molar-refractivity contribution in [2.24, 2.45) is 0 Å². The average molecular weight is 421 g/mol. The smallest absolute Gasteiger partial charge is 0.299 e. The van der Waals surface area contributed by atoms with Gasteiger partial charge in [0, 0.05) is 37.9 Å². The lowest BCUT2D eigenvalue weighted by molar-refractivity contribution is -0.393. The average Bonchev–Trinajstić information content (AvgIpc) is 2.66. The van der Waals surface area contributed by atoms with Gasteiger partial charge in [-0.2, -0.15) is 0 Å². The number of carbonyl (C=O) groups is 1. The van der Waals surface area contributed by atoms with E-state index in [-0.39, 0.29) is 49.2 Å². The molecule has 1 aromatic rings. The van der Waals surface area contributed by atoms with Gasteiger partial charge in [-0.1, -0.05) is 0 Å². The Morgan fingerprint density at radius 2 is 1.63 bits per heavy atom. The highest BCUT2D eigenvalue weighted by Gasteiger charge is 2.32. The van der Waals surface area contributed by atoms with Crippen LogP contribution in [0.1, 0.15) is 10.4 Å². The van der Waals surface area contributed by atoms with Crippen LogP contribution in [0.2, 0.25) is 0 Å². The topological polar surface area (TPSA) is 119 Å². The number of morpholine rings is 1. The van der Waals surface area contributed by atoms with Gasteiger partial charge >= 0.3 is 0 Å². The van der Waals surface area contributed by atoms with Crippen molar-refractivity contribution < 1.29 is 19.4 Å². The Morgan fingerprint density at radius 1 is 1.07 bits per heavy atom. The Balaban J connectivity index is 2.59. The Morgan fingerprint density at radius 3 is 2.11 bits per heavy atom. The highest BCUT2D eigenvalue weighted by molar-refractivity contribution is 6.18. The van der Waals surface area contributed by atoms with E-state index >= 15 is 0 Å². The molecule has 27 heavy (non-hydrogen) atoms. The van der Waals surface area contributed by atoms with Gasteiger partial charge in [-0.3, -0.25) is 25.0 Å². The molecule has 1 saturated heterocycles. The van der Waals surface area contributed by atoms with Crippen LogP contribution < -0.4 is 4.90 Å². The number of hydrogen-bond donors (Lipinski definition) is 0. The van der Waals surface area contributed by atoms with E-state index in [1.807, 2.05) is 0 Å². The van der Waals surface area contributed by atoms with E-state index in [9.17, 15) is 25.0 Å². The highest BCUT2D eigenvalue weighted by Crippen LogP contribution is 2.36. The van der Waals surface area contributed by atoms with Crippen LogP contribution >= 0.6 is 23.2 Å². The molecule has 0 N–H and O–H groups in total. The summed E-state index contributed by atoms with van der Waals surface area (Å²) < 4.78 is 5.19. The highest BCUT2D eigenvalue weighted by atomic mass is 35.5. The zero-order valence-electron chi connectivity index (χ0n) is 14.3. The van der Waals surface area contributed by atoms with Crippen LogP contribution in [0.5, 0.6) is 0 Å². The van der Waals surface area contributed by atoms with Crippen molar-refractivity contribution in [1.82, 2.24) is 4.90 Å². The zero-order valence-corrected chi connectivity index (χ0v) is 15.8. The minimum atomic E-state index is -0.794. The van der Waals surface area contributed by atoms with Gasteiger partial charge in [0.2, 0.25) is 0 Å². The predicted octanol–water partition coefficient (Wildman–Crippen LogP) is 2.26. The molecule has 0 atom stereocenters. The predicted molar refractivity (Wildman–Crippen MR) is 100 cm³/mol. The minimum Gasteiger partial charge on any atom is -0.378 e. The number of benzene rings is 1. The lowest BCUT2D eigenvalue weighted by Crippen LogP contribution is -2.41. The molecular weight excluding hydrogens is 403 g/mol. The van der Waals surface area contributed by atoms with Gasteiger partial charge < -0.3 is 14.5 Å². The molecule has 1 amide bonds. The second-order valence-electron chi connectivity index (χ2n) is 5.64. The molecule has 148 valence electrons. The van der Waals surface area contributed by atoms with E-state index < -0.39 is 27.1 Å². The van der Waals surface area contributed by atoms with Gasteiger partial charge in [-0.05, 0) is 6.07 Å². The van der Waals surface area contributed by atoms with E-state index in [0.717, 1.165) is 6.07 Å². The Kier molecular flexibility index (Phi) is 7.57. The van der Waals surface area contributed by atoms with Crippen LogP contribution in [0.15, 0.2) is 12.1 Å². The molecule has 12 heteroatoms. The molecule has 0 spiro atoms. The van der Waals surface area contributed by atoms with E-state index in [0.29, 0.717) is 13.2 Å². The standard InChI is InChI=1S/C15H18Cl2N4O6/c16-1-3-18(4-2-17)13-9-11(15(22)19-5-7-27-8-6-19)12(20(23)24)10-14(13)21(25)26/h9-10H,1-8H2. The summed E-state index contributed by atoms with van der Waals surface area (Å²) in [6, 6.07) is 2.01. The van der Waals surface area contributed by atoms with Crippen LogP contribution in [-0.2, 0) is 4.74 Å². The van der Waals surface area contributed by atoms with Gasteiger partial charge in [-0.25, -0.2) is 0 Å². The summed E-state index contributed by atoms with van der Waals surface area (Å²) in [5, 5.41) is 22.9. The third-order valence-corrected chi connectivity index (χ3v) is 4.40. The third kappa shape index (κ3) is 4.96. The summed E-state index contributed by atoms with van der Waals surface area (Å²) in [4.78, 5) is 37.2. The maximum absolute atomic E-state index is 12.8. The summed E-state index contributed by atoms with van der Waals surface area (Å²) >= 11 is 11.5. The molecule has 1 fully saturated rings. The maximum Gasteiger partial charge on any atom is 0.299 e. The van der Waals surface area contributed by atoms with Gasteiger partial charge in [0.25, 0.3) is 17.3 Å². The molecule has 0 bridgehead atoms. The second kappa shape index (κ2) is 9.67. The first-order chi connectivity index (χ1) is 12.9. The van der Waals surface area contributed by atoms with Crippen LogP contribution in [0.25, 0.3) is 0 Å². The fourth-order valence-corrected chi connectivity index (χ4v) is 3.19. The van der Waals surface area contributed by atoms with Crippen molar-refractivity contribution in [2.75, 3.05) is 56.1 Å². The van der Waals surface area contributed by atoms with Crippen molar-refractivity contribution >= 4 is 46.2 Å². The van der Waals surface area contributed by atoms with Crippen molar-refractivity contribution in [3.63, 3.8) is 0 Å². The lowest BCUT2D eigenvalue weighted by Gasteiger charge is -2.27. The number of nitro benzene ring substituents is 2. The summed E-state index contributed by atoms with van der Waals surface area (Å²) in [5.41, 5.74) is -1.23. The summed E-state index contributed by atoms with van der Waals surface area (Å²) in [5.74, 6) is -0.243. The largest absolute Gasteiger partial charge is 0.378 e. The van der Waals surface area contributed by atoms with E-state index in [4.69, 9.17) is 27.9 Å². The first-order valence-corrected chi connectivity index (χ1v) is 9.18. The first kappa shape index (κ1) is 21.1. The molecule has 0 unspecified atom stereocenters. The van der Waals surface area contributed by atoms with Crippen LogP contribution in [0, 0.1) is 20.2 Å². The molecule has 1 aliphatic heterocycles. The van der Waals surface area contributed by atoms with E-state index in [1.54, 1.807) is 0 Å². The zero-order chi connectivity index (χ0) is 20.0. The molecule has 0 radical (unpaired) electrons. The van der Waals surface area contributed by atoms with Crippen LogP contribution in [0.4, 0.5) is 17.1 Å². The van der Waals surface area contributed by atoms with Crippen molar-refractivity contribution in [1.29, 1.82) is 0 Å². The molecular formula is C15H18Cl2N4O6. The van der Waals surface area contributed by atoms with E-state index in [1.165, 1.54) is 15.9 Å². The number of amides is 1. The summed E-state index contributed by atoms with van der Waals surface area (Å²) in [6.07, 6.45) is 0. The number of halogens is 2. The maximum atomic E-state index is 12.8. The minimum absolute atomic E-state index is 0.0727. The Hall–Kier alpha value is -2.17. The summed E-state index contributed by atoms with van der Waals surface area (Å²) in [6.45, 7) is 1.69. The molecule has 2 rings (SSSR count).